The summed E-state index contributed by atoms with van der Waals surface area (Å²) < 4.78 is 7.01. The molecule has 0 aliphatic heterocycles. The van der Waals surface area contributed by atoms with Gasteiger partial charge in [-0.15, -0.1) is 0 Å². The van der Waals surface area contributed by atoms with Crippen LogP contribution < -0.4 is 20.3 Å². The molecule has 1 aliphatic rings. The highest BCUT2D eigenvalue weighted by Crippen LogP contribution is 2.30. The Morgan fingerprint density at radius 1 is 0.895 bits per heavy atom. The van der Waals surface area contributed by atoms with E-state index in [0.29, 0.717) is 12.6 Å². The van der Waals surface area contributed by atoms with Gasteiger partial charge in [0.05, 0.1) is 5.52 Å². The van der Waals surface area contributed by atoms with Crippen LogP contribution in [0.5, 0.6) is 5.75 Å². The summed E-state index contributed by atoms with van der Waals surface area (Å²) in [7, 11) is 4.19. The largest absolute Gasteiger partial charge is 0.489 e. The number of pyridine rings is 1. The fraction of sp³-hybridized carbons (Fsp3) is 0.344. The van der Waals surface area contributed by atoms with Crippen LogP contribution in [0.25, 0.3) is 10.9 Å². The first-order valence-electron chi connectivity index (χ1n) is 13.5. The molecule has 0 bridgehead atoms. The molecule has 3 aromatic carbocycles. The number of benzene rings is 3. The molecular weight excluding hydrogens is 536 g/mol. The van der Waals surface area contributed by atoms with Gasteiger partial charge in [0.1, 0.15) is 18.2 Å². The first-order chi connectivity index (χ1) is 18.5. The van der Waals surface area contributed by atoms with Crippen LogP contribution in [0.2, 0.25) is 0 Å². The highest BCUT2D eigenvalue weighted by atomic mass is 79.9. The van der Waals surface area contributed by atoms with Crippen molar-refractivity contribution in [2.45, 2.75) is 44.9 Å². The Morgan fingerprint density at radius 3 is 2.34 bits per heavy atom. The molecule has 1 fully saturated rings. The standard InChI is InChI=1S/C32H37BrN4O/c1-37(2)31-19-32(36-30-6-4-3-5-29(30)31)35-27-15-9-23(10-16-27)20-34-21-24-11-17-28(18-12-24)38-22-25-7-13-26(33)14-8-25/h3-8,11-14,17-19,23,27,34H,9-10,15-16,20-22H2,1-2H3,(H,35,36). The predicted molar refractivity (Wildman–Crippen MR) is 162 cm³/mol. The number of hydrogen-bond donors (Lipinski definition) is 2. The van der Waals surface area contributed by atoms with Crippen LogP contribution in [0.3, 0.4) is 0 Å². The van der Waals surface area contributed by atoms with Crippen molar-refractivity contribution in [3.05, 3.63) is 94.5 Å². The smallest absolute Gasteiger partial charge is 0.128 e. The van der Waals surface area contributed by atoms with E-state index in [0.717, 1.165) is 46.1 Å². The quantitative estimate of drug-likeness (QED) is 0.207. The molecule has 0 amide bonds. The fourth-order valence-electron chi connectivity index (χ4n) is 5.19. The minimum absolute atomic E-state index is 0.486. The van der Waals surface area contributed by atoms with Crippen molar-refractivity contribution in [3.8, 4) is 5.75 Å². The maximum absolute atomic E-state index is 5.93. The maximum Gasteiger partial charge on any atom is 0.128 e. The van der Waals surface area contributed by atoms with E-state index in [-0.39, 0.29) is 0 Å². The van der Waals surface area contributed by atoms with Crippen LogP contribution >= 0.6 is 15.9 Å². The lowest BCUT2D eigenvalue weighted by atomic mass is 9.86. The molecule has 0 spiro atoms. The zero-order valence-electron chi connectivity index (χ0n) is 22.3. The van der Waals surface area contributed by atoms with Crippen LogP contribution in [-0.4, -0.2) is 31.7 Å². The summed E-state index contributed by atoms with van der Waals surface area (Å²) in [4.78, 5) is 7.06. The second-order valence-corrected chi connectivity index (χ2v) is 11.4. The molecule has 5 rings (SSSR count). The van der Waals surface area contributed by atoms with Gasteiger partial charge in [-0.1, -0.05) is 58.4 Å². The highest BCUT2D eigenvalue weighted by Gasteiger charge is 2.21. The van der Waals surface area contributed by atoms with E-state index in [4.69, 9.17) is 9.72 Å². The van der Waals surface area contributed by atoms with E-state index >= 15 is 0 Å². The van der Waals surface area contributed by atoms with E-state index in [1.54, 1.807) is 0 Å². The third kappa shape index (κ3) is 7.06. The van der Waals surface area contributed by atoms with Crippen molar-refractivity contribution >= 4 is 38.3 Å². The van der Waals surface area contributed by atoms with Gasteiger partial charge in [0, 0.05) is 48.3 Å². The molecule has 198 valence electrons. The van der Waals surface area contributed by atoms with Crippen molar-refractivity contribution in [2.24, 2.45) is 5.92 Å². The summed E-state index contributed by atoms with van der Waals surface area (Å²) in [6.45, 7) is 2.53. The van der Waals surface area contributed by atoms with Gasteiger partial charge in [-0.3, -0.25) is 0 Å². The number of halogens is 1. The van der Waals surface area contributed by atoms with Gasteiger partial charge in [0.25, 0.3) is 0 Å². The highest BCUT2D eigenvalue weighted by molar-refractivity contribution is 9.10. The van der Waals surface area contributed by atoms with Gasteiger partial charge in [0.15, 0.2) is 0 Å². The molecular formula is C32H37BrN4O. The van der Waals surface area contributed by atoms with Gasteiger partial charge < -0.3 is 20.3 Å². The summed E-state index contributed by atoms with van der Waals surface area (Å²) in [5.41, 5.74) is 4.70. The molecule has 1 aromatic heterocycles. The van der Waals surface area contributed by atoms with Crippen LogP contribution in [0.15, 0.2) is 83.3 Å². The molecule has 1 aliphatic carbocycles. The number of anilines is 2. The molecule has 1 saturated carbocycles. The molecule has 1 heterocycles. The third-order valence-electron chi connectivity index (χ3n) is 7.38. The molecule has 6 heteroatoms. The Bertz CT molecular complexity index is 1320. The number of rotatable bonds is 10. The Morgan fingerprint density at radius 2 is 1.61 bits per heavy atom. The second kappa shape index (κ2) is 12.6. The molecule has 4 aromatic rings. The first-order valence-corrected chi connectivity index (χ1v) is 14.3. The summed E-state index contributed by atoms with van der Waals surface area (Å²) >= 11 is 3.47. The number of nitrogens with zero attached hydrogens (tertiary/aromatic N) is 2. The van der Waals surface area contributed by atoms with Crippen LogP contribution in [-0.2, 0) is 13.2 Å². The Kier molecular flexibility index (Phi) is 8.82. The van der Waals surface area contributed by atoms with E-state index in [1.165, 1.54) is 42.3 Å². The zero-order chi connectivity index (χ0) is 26.3. The lowest BCUT2D eigenvalue weighted by Crippen LogP contribution is -2.31. The van der Waals surface area contributed by atoms with E-state index < -0.39 is 0 Å². The minimum atomic E-state index is 0.486. The second-order valence-electron chi connectivity index (χ2n) is 10.5. The van der Waals surface area contributed by atoms with Crippen molar-refractivity contribution in [1.29, 1.82) is 0 Å². The SMILES string of the molecule is CN(C)c1cc(NC2CCC(CNCc3ccc(OCc4ccc(Br)cc4)cc3)CC2)nc2ccccc12. The lowest BCUT2D eigenvalue weighted by Gasteiger charge is -2.30. The van der Waals surface area contributed by atoms with Gasteiger partial charge in [-0.25, -0.2) is 4.98 Å². The van der Waals surface area contributed by atoms with Crippen molar-refractivity contribution in [2.75, 3.05) is 30.9 Å². The summed E-state index contributed by atoms with van der Waals surface area (Å²) in [6, 6.07) is 27.7. The van der Waals surface area contributed by atoms with Crippen LogP contribution in [0.4, 0.5) is 11.5 Å². The van der Waals surface area contributed by atoms with E-state index in [2.05, 4.69) is 112 Å². The van der Waals surface area contributed by atoms with E-state index in [9.17, 15) is 0 Å². The van der Waals surface area contributed by atoms with Crippen LogP contribution in [0, 0.1) is 5.92 Å². The molecule has 0 saturated heterocycles. The molecule has 0 atom stereocenters. The summed E-state index contributed by atoms with van der Waals surface area (Å²) in [5, 5.41) is 8.60. The molecule has 38 heavy (non-hydrogen) atoms. The number of hydrogen-bond acceptors (Lipinski definition) is 5. The van der Waals surface area contributed by atoms with Gasteiger partial charge >= 0.3 is 0 Å². The van der Waals surface area contributed by atoms with E-state index in [1.807, 2.05) is 12.1 Å². The Balaban J connectivity index is 1.04. The first kappa shape index (κ1) is 26.5. The molecule has 0 unspecified atom stereocenters. The molecule has 5 nitrogen and oxygen atoms in total. The Hall–Kier alpha value is -3.09. The number of aromatic nitrogens is 1. The number of nitrogens with one attached hydrogen (secondary N) is 2. The summed E-state index contributed by atoms with van der Waals surface area (Å²) in [6.07, 6.45) is 4.84. The van der Waals surface area contributed by atoms with Crippen molar-refractivity contribution in [3.63, 3.8) is 0 Å². The van der Waals surface area contributed by atoms with Crippen molar-refractivity contribution < 1.29 is 4.74 Å². The molecule has 2 N–H and O–H groups in total. The average molecular weight is 574 g/mol. The van der Waals surface area contributed by atoms with Crippen molar-refractivity contribution in [1.82, 2.24) is 10.3 Å². The number of ether oxygens (including phenoxy) is 1. The predicted octanol–water partition coefficient (Wildman–Crippen LogP) is 7.40. The average Bonchev–Trinajstić information content (AvgIpc) is 2.94. The Labute approximate surface area is 234 Å². The normalized spacial score (nSPS) is 17.3. The number of para-hydroxylation sites is 1. The minimum Gasteiger partial charge on any atom is -0.489 e. The van der Waals surface area contributed by atoms with Gasteiger partial charge in [-0.05, 0) is 79.6 Å². The summed E-state index contributed by atoms with van der Waals surface area (Å²) in [5.74, 6) is 2.61. The lowest BCUT2D eigenvalue weighted by molar-refractivity contribution is 0.306. The van der Waals surface area contributed by atoms with Gasteiger partial charge in [0.2, 0.25) is 0 Å². The van der Waals surface area contributed by atoms with Gasteiger partial charge in [-0.2, -0.15) is 0 Å². The van der Waals surface area contributed by atoms with Crippen LogP contribution in [0.1, 0.15) is 36.8 Å². The maximum atomic E-state index is 5.93. The molecule has 0 radical (unpaired) electrons. The monoisotopic (exact) mass is 572 g/mol. The zero-order valence-corrected chi connectivity index (χ0v) is 23.9. The third-order valence-corrected chi connectivity index (χ3v) is 7.91. The number of fused-ring (bicyclic) bond motifs is 1. The topological polar surface area (TPSA) is 49.4 Å². The fourth-order valence-corrected chi connectivity index (χ4v) is 5.46.